The van der Waals surface area contributed by atoms with Gasteiger partial charge in [0.2, 0.25) is 0 Å². The Kier molecular flexibility index (Phi) is 4.99. The number of imidazole rings is 1. The van der Waals surface area contributed by atoms with Gasteiger partial charge in [0.05, 0.1) is 10.9 Å². The summed E-state index contributed by atoms with van der Waals surface area (Å²) in [7, 11) is 1.02. The minimum atomic E-state index is -3.15. The average molecular weight is 362 g/mol. The predicted molar refractivity (Wildman–Crippen MR) is 98.1 cm³/mol. The first-order chi connectivity index (χ1) is 11.8. The summed E-state index contributed by atoms with van der Waals surface area (Å²) >= 11 is 0. The van der Waals surface area contributed by atoms with Gasteiger partial charge in [0.25, 0.3) is 0 Å². The second-order valence-electron chi connectivity index (χ2n) is 6.90. The van der Waals surface area contributed by atoms with Gasteiger partial charge in [0, 0.05) is 51.4 Å². The fourth-order valence-corrected chi connectivity index (χ4v) is 4.06. The molecular weight excluding hydrogens is 336 g/mol. The molecule has 6 nitrogen and oxygen atoms in total. The van der Waals surface area contributed by atoms with Gasteiger partial charge in [-0.05, 0) is 31.7 Å². The van der Waals surface area contributed by atoms with E-state index in [-0.39, 0.29) is 12.1 Å². The van der Waals surface area contributed by atoms with Crippen molar-refractivity contribution in [1.82, 2.24) is 19.4 Å². The molecule has 1 fully saturated rings. The van der Waals surface area contributed by atoms with Gasteiger partial charge in [-0.3, -0.25) is 9.80 Å². The van der Waals surface area contributed by atoms with E-state index in [1.807, 2.05) is 31.6 Å². The molecule has 7 heteroatoms. The maximum absolute atomic E-state index is 11.6. The Balaban J connectivity index is 1.78. The summed E-state index contributed by atoms with van der Waals surface area (Å²) in [5.74, 6) is 1.08. The van der Waals surface area contributed by atoms with Crippen LogP contribution in [0.25, 0.3) is 0 Å². The summed E-state index contributed by atoms with van der Waals surface area (Å²) in [6, 6.07) is 7.74. The van der Waals surface area contributed by atoms with E-state index in [2.05, 4.69) is 33.3 Å². The summed E-state index contributed by atoms with van der Waals surface area (Å²) < 4.78 is 25.3. The van der Waals surface area contributed by atoms with Gasteiger partial charge >= 0.3 is 0 Å². The van der Waals surface area contributed by atoms with Crippen LogP contribution in [0, 0.1) is 0 Å². The number of aromatic nitrogens is 2. The fourth-order valence-electron chi connectivity index (χ4n) is 3.43. The third kappa shape index (κ3) is 3.78. The van der Waals surface area contributed by atoms with Crippen molar-refractivity contribution in [2.75, 3.05) is 32.9 Å². The standard InChI is InChI=1S/C18H26N4O2S/c1-14(15-5-7-16(8-6-15)25(4,23)24)22-12-11-20(2)17(13-22)18-19-9-10-21(18)3/h5-10,14,17H,11-13H2,1-4H3. The van der Waals surface area contributed by atoms with Gasteiger partial charge in [-0.2, -0.15) is 0 Å². The Morgan fingerprint density at radius 1 is 1.16 bits per heavy atom. The lowest BCUT2D eigenvalue weighted by Crippen LogP contribution is -2.48. The molecule has 1 aromatic carbocycles. The lowest BCUT2D eigenvalue weighted by Gasteiger charge is -2.41. The molecule has 0 saturated carbocycles. The van der Waals surface area contributed by atoms with Gasteiger partial charge < -0.3 is 4.57 Å². The molecule has 3 rings (SSSR count). The molecule has 136 valence electrons. The van der Waals surface area contributed by atoms with Gasteiger partial charge in [0.15, 0.2) is 9.84 Å². The van der Waals surface area contributed by atoms with Crippen molar-refractivity contribution in [1.29, 1.82) is 0 Å². The van der Waals surface area contributed by atoms with Crippen molar-refractivity contribution in [3.63, 3.8) is 0 Å². The van der Waals surface area contributed by atoms with E-state index < -0.39 is 9.84 Å². The molecule has 0 radical (unpaired) electrons. The highest BCUT2D eigenvalue weighted by Crippen LogP contribution is 2.29. The molecule has 1 aromatic heterocycles. The predicted octanol–water partition coefficient (Wildman–Crippen LogP) is 1.87. The number of benzene rings is 1. The molecule has 0 amide bonds. The van der Waals surface area contributed by atoms with Crippen molar-refractivity contribution in [3.8, 4) is 0 Å². The summed E-state index contributed by atoms with van der Waals surface area (Å²) in [6.45, 7) is 5.03. The first-order valence-corrected chi connectivity index (χ1v) is 10.4. The van der Waals surface area contributed by atoms with Crippen LogP contribution in [0.4, 0.5) is 0 Å². The lowest BCUT2D eigenvalue weighted by atomic mass is 10.0. The zero-order valence-corrected chi connectivity index (χ0v) is 16.1. The maximum Gasteiger partial charge on any atom is 0.175 e. The van der Waals surface area contributed by atoms with Crippen molar-refractivity contribution in [3.05, 3.63) is 48.0 Å². The monoisotopic (exact) mass is 362 g/mol. The number of hydrogen-bond donors (Lipinski definition) is 0. The van der Waals surface area contributed by atoms with Crippen LogP contribution in [0.3, 0.4) is 0 Å². The molecule has 2 aromatic rings. The molecule has 1 aliphatic heterocycles. The average Bonchev–Trinajstić information content (AvgIpc) is 3.00. The highest BCUT2D eigenvalue weighted by molar-refractivity contribution is 7.90. The molecule has 1 aliphatic rings. The first-order valence-electron chi connectivity index (χ1n) is 8.49. The molecule has 1 saturated heterocycles. The van der Waals surface area contributed by atoms with Gasteiger partial charge in [-0.25, -0.2) is 13.4 Å². The quantitative estimate of drug-likeness (QED) is 0.831. The lowest BCUT2D eigenvalue weighted by molar-refractivity contribution is 0.0637. The smallest absolute Gasteiger partial charge is 0.175 e. The third-order valence-corrected chi connectivity index (χ3v) is 6.30. The van der Waals surface area contributed by atoms with E-state index in [9.17, 15) is 8.42 Å². The van der Waals surface area contributed by atoms with Crippen LogP contribution in [0.2, 0.25) is 0 Å². The minimum absolute atomic E-state index is 0.227. The van der Waals surface area contributed by atoms with E-state index in [0.29, 0.717) is 4.90 Å². The van der Waals surface area contributed by atoms with Crippen molar-refractivity contribution in [2.45, 2.75) is 23.9 Å². The van der Waals surface area contributed by atoms with Gasteiger partial charge in [-0.15, -0.1) is 0 Å². The third-order valence-electron chi connectivity index (χ3n) is 5.17. The summed E-state index contributed by atoms with van der Waals surface area (Å²) in [5.41, 5.74) is 1.13. The number of hydrogen-bond acceptors (Lipinski definition) is 5. The van der Waals surface area contributed by atoms with Crippen LogP contribution in [0.15, 0.2) is 41.6 Å². The van der Waals surface area contributed by atoms with Crippen LogP contribution in [0.1, 0.15) is 30.4 Å². The highest BCUT2D eigenvalue weighted by Gasteiger charge is 2.30. The van der Waals surface area contributed by atoms with E-state index in [1.165, 1.54) is 6.26 Å². The summed E-state index contributed by atoms with van der Waals surface area (Å²) in [4.78, 5) is 9.68. The molecule has 2 unspecified atom stereocenters. The van der Waals surface area contributed by atoms with E-state index in [1.54, 1.807) is 12.1 Å². The van der Waals surface area contributed by atoms with Crippen LogP contribution in [-0.2, 0) is 16.9 Å². The zero-order valence-electron chi connectivity index (χ0n) is 15.3. The number of nitrogens with zero attached hydrogens (tertiary/aromatic N) is 4. The Hall–Kier alpha value is -1.70. The second-order valence-corrected chi connectivity index (χ2v) is 8.92. The Bertz CT molecular complexity index is 829. The van der Waals surface area contributed by atoms with Crippen LogP contribution in [-0.4, -0.2) is 60.7 Å². The Labute approximate surface area is 150 Å². The highest BCUT2D eigenvalue weighted by atomic mass is 32.2. The van der Waals surface area contributed by atoms with Crippen molar-refractivity contribution in [2.24, 2.45) is 7.05 Å². The number of piperazine rings is 1. The number of rotatable bonds is 4. The van der Waals surface area contributed by atoms with Crippen LogP contribution >= 0.6 is 0 Å². The van der Waals surface area contributed by atoms with Gasteiger partial charge in [-0.1, -0.05) is 12.1 Å². The molecule has 0 spiro atoms. The molecule has 2 heterocycles. The Morgan fingerprint density at radius 2 is 1.84 bits per heavy atom. The van der Waals surface area contributed by atoms with Crippen molar-refractivity contribution < 1.29 is 8.42 Å². The van der Waals surface area contributed by atoms with E-state index >= 15 is 0 Å². The second kappa shape index (κ2) is 6.90. The maximum atomic E-state index is 11.6. The zero-order chi connectivity index (χ0) is 18.2. The molecule has 0 bridgehead atoms. The number of sulfone groups is 1. The molecular formula is C18H26N4O2S. The SMILES string of the molecule is CC(c1ccc(S(C)(=O)=O)cc1)N1CCN(C)C(c2nccn2C)C1. The minimum Gasteiger partial charge on any atom is -0.337 e. The van der Waals surface area contributed by atoms with E-state index in [4.69, 9.17) is 0 Å². The number of likely N-dealkylation sites (N-methyl/N-ethyl adjacent to an activating group) is 1. The molecule has 0 N–H and O–H groups in total. The van der Waals surface area contributed by atoms with E-state index in [0.717, 1.165) is 31.0 Å². The summed E-state index contributed by atoms with van der Waals surface area (Å²) in [6.07, 6.45) is 5.06. The fraction of sp³-hybridized carbons (Fsp3) is 0.500. The van der Waals surface area contributed by atoms with Crippen molar-refractivity contribution >= 4 is 9.84 Å². The molecule has 2 atom stereocenters. The molecule has 0 aliphatic carbocycles. The normalized spacial score (nSPS) is 21.4. The van der Waals surface area contributed by atoms with Gasteiger partial charge in [0.1, 0.15) is 5.82 Å². The largest absolute Gasteiger partial charge is 0.337 e. The van der Waals surface area contributed by atoms with Crippen LogP contribution < -0.4 is 0 Å². The topological polar surface area (TPSA) is 58.4 Å². The first kappa shape index (κ1) is 18.1. The number of aryl methyl sites for hydroxylation is 1. The Morgan fingerprint density at radius 3 is 2.40 bits per heavy atom. The molecule has 25 heavy (non-hydrogen) atoms. The summed E-state index contributed by atoms with van der Waals surface area (Å²) in [5, 5.41) is 0. The van der Waals surface area contributed by atoms with Crippen LogP contribution in [0.5, 0.6) is 0 Å².